The van der Waals surface area contributed by atoms with Crippen molar-refractivity contribution in [1.82, 2.24) is 0 Å². The average molecular weight is 252 g/mol. The van der Waals surface area contributed by atoms with Crippen molar-refractivity contribution < 1.29 is 0 Å². The van der Waals surface area contributed by atoms with Gasteiger partial charge in [-0.25, -0.2) is 0 Å². The predicted octanol–water partition coefficient (Wildman–Crippen LogP) is 5.51. The molecule has 0 amide bonds. The molecule has 2 heteroatoms. The minimum absolute atomic E-state index is 0.246. The van der Waals surface area contributed by atoms with E-state index in [1.807, 2.05) is 20.7 Å². The molecule has 16 heavy (non-hydrogen) atoms. The van der Waals surface area contributed by atoms with Gasteiger partial charge in [0, 0.05) is 15.8 Å². The molecule has 0 spiro atoms. The lowest BCUT2D eigenvalue weighted by Crippen LogP contribution is -2.11. The Balaban J connectivity index is 2.66. The molecule has 0 saturated carbocycles. The van der Waals surface area contributed by atoms with Crippen molar-refractivity contribution in [2.24, 2.45) is 0 Å². The van der Waals surface area contributed by atoms with Crippen LogP contribution in [0.15, 0.2) is 11.4 Å². The molecule has 1 heterocycles. The van der Waals surface area contributed by atoms with Crippen LogP contribution >= 0.6 is 20.7 Å². The van der Waals surface area contributed by atoms with Crippen molar-refractivity contribution in [3.63, 3.8) is 0 Å². The molecule has 0 nitrogen and oxygen atoms in total. The molecule has 1 aliphatic heterocycles. The molecule has 0 N–H and O–H groups in total. The van der Waals surface area contributed by atoms with E-state index in [0.717, 1.165) is 0 Å². The molecule has 0 radical (unpaired) electrons. The fourth-order valence-electron chi connectivity index (χ4n) is 2.06. The minimum atomic E-state index is 0.246. The Hall–Kier alpha value is -0.340. The van der Waals surface area contributed by atoms with Crippen molar-refractivity contribution in [3.05, 3.63) is 22.6 Å². The van der Waals surface area contributed by atoms with E-state index in [1.165, 1.54) is 21.6 Å². The standard InChI is InChI=1S/C14H20S2/c1-13(2,3)10-7-11(14(4,5)6)12-9(10)8-15-16-12/h7-8H,1-6H3. The first kappa shape index (κ1) is 12.1. The first-order chi connectivity index (χ1) is 7.21. The highest BCUT2D eigenvalue weighted by molar-refractivity contribution is 7.70. The maximum absolute atomic E-state index is 2.42. The lowest BCUT2D eigenvalue weighted by Gasteiger charge is -2.19. The zero-order valence-electron chi connectivity index (χ0n) is 11.0. The van der Waals surface area contributed by atoms with E-state index in [-0.39, 0.29) is 10.8 Å². The van der Waals surface area contributed by atoms with Crippen LogP contribution in [0.3, 0.4) is 0 Å². The summed E-state index contributed by atoms with van der Waals surface area (Å²) in [6.45, 7) is 13.8. The van der Waals surface area contributed by atoms with E-state index in [0.29, 0.717) is 0 Å². The van der Waals surface area contributed by atoms with E-state index in [4.69, 9.17) is 0 Å². The number of hydrogen-bond donors (Lipinski definition) is 0. The molecule has 2 aliphatic rings. The lowest BCUT2D eigenvalue weighted by molar-refractivity contribution is 0.581. The summed E-state index contributed by atoms with van der Waals surface area (Å²) in [5.41, 5.74) is 4.99. The van der Waals surface area contributed by atoms with Crippen LogP contribution in [0, 0.1) is 0 Å². The van der Waals surface area contributed by atoms with E-state index in [9.17, 15) is 0 Å². The van der Waals surface area contributed by atoms with Gasteiger partial charge in [-0.3, -0.25) is 0 Å². The number of fused-ring (bicyclic) bond motifs is 1. The largest absolute Gasteiger partial charge is 0.0874 e. The summed E-state index contributed by atoms with van der Waals surface area (Å²) in [7, 11) is 3.78. The normalized spacial score (nSPS) is 13.6. The molecule has 0 aromatic heterocycles. The minimum Gasteiger partial charge on any atom is -0.0874 e. The van der Waals surface area contributed by atoms with Crippen LogP contribution in [0.1, 0.15) is 52.7 Å². The highest BCUT2D eigenvalue weighted by atomic mass is 32.9. The van der Waals surface area contributed by atoms with Gasteiger partial charge < -0.3 is 0 Å². The predicted molar refractivity (Wildman–Crippen MR) is 76.2 cm³/mol. The zero-order chi connectivity index (χ0) is 12.1. The van der Waals surface area contributed by atoms with Crippen molar-refractivity contribution in [2.45, 2.75) is 52.4 Å². The van der Waals surface area contributed by atoms with E-state index in [1.54, 1.807) is 0 Å². The summed E-state index contributed by atoms with van der Waals surface area (Å²) in [4.78, 5) is 1.50. The van der Waals surface area contributed by atoms with Gasteiger partial charge in [0.15, 0.2) is 0 Å². The monoisotopic (exact) mass is 252 g/mol. The molecule has 0 aromatic carbocycles. The summed E-state index contributed by atoms with van der Waals surface area (Å²) in [5, 5.41) is 2.32. The molecule has 2 rings (SSSR count). The molecule has 0 fully saturated rings. The molecular formula is C14H20S2. The van der Waals surface area contributed by atoms with Gasteiger partial charge in [-0.05, 0) is 22.0 Å². The molecule has 88 valence electrons. The number of hydrogen-bond acceptors (Lipinski definition) is 2. The van der Waals surface area contributed by atoms with Crippen LogP contribution in [0.2, 0.25) is 0 Å². The van der Waals surface area contributed by atoms with Crippen molar-refractivity contribution >= 4 is 20.7 Å². The summed E-state index contributed by atoms with van der Waals surface area (Å²) >= 11 is 0. The topological polar surface area (TPSA) is 0 Å². The molecular weight excluding hydrogens is 232 g/mol. The van der Waals surface area contributed by atoms with Gasteiger partial charge in [0.25, 0.3) is 0 Å². The molecule has 0 unspecified atom stereocenters. The van der Waals surface area contributed by atoms with Crippen molar-refractivity contribution in [3.8, 4) is 10.4 Å². The molecule has 0 aromatic rings. The summed E-state index contributed by atoms with van der Waals surface area (Å²) < 4.78 is 0. The van der Waals surface area contributed by atoms with E-state index < -0.39 is 0 Å². The van der Waals surface area contributed by atoms with Gasteiger partial charge in [0.1, 0.15) is 0 Å². The first-order valence-corrected chi connectivity index (χ1v) is 7.94. The van der Waals surface area contributed by atoms with E-state index in [2.05, 4.69) is 53.0 Å². The quantitative estimate of drug-likeness (QED) is 0.542. The van der Waals surface area contributed by atoms with Crippen molar-refractivity contribution in [2.75, 3.05) is 0 Å². The molecule has 0 bridgehead atoms. The second-order valence-corrected chi connectivity index (χ2v) is 8.59. The van der Waals surface area contributed by atoms with Gasteiger partial charge in [-0.2, -0.15) is 0 Å². The maximum atomic E-state index is 2.42. The average Bonchev–Trinajstić information content (AvgIpc) is 2.54. The van der Waals surface area contributed by atoms with Crippen molar-refractivity contribution in [1.29, 1.82) is 0 Å². The summed E-state index contributed by atoms with van der Waals surface area (Å²) in [6.07, 6.45) is 0. The first-order valence-electron chi connectivity index (χ1n) is 5.72. The Bertz CT molecular complexity index is 420. The van der Waals surface area contributed by atoms with Crippen LogP contribution in [0.5, 0.6) is 0 Å². The second-order valence-electron chi connectivity index (χ2n) is 6.51. The molecule has 0 atom stereocenters. The van der Waals surface area contributed by atoms with E-state index >= 15 is 0 Å². The van der Waals surface area contributed by atoms with Crippen LogP contribution in [0.25, 0.3) is 10.4 Å². The zero-order valence-corrected chi connectivity index (χ0v) is 12.6. The summed E-state index contributed by atoms with van der Waals surface area (Å²) in [6, 6.07) is 2.42. The van der Waals surface area contributed by atoms with Crippen LogP contribution in [0.4, 0.5) is 0 Å². The fraction of sp³-hybridized carbons (Fsp3) is 0.571. The van der Waals surface area contributed by atoms with Crippen LogP contribution < -0.4 is 0 Å². The highest BCUT2D eigenvalue weighted by Gasteiger charge is 2.30. The van der Waals surface area contributed by atoms with Gasteiger partial charge in [-0.15, -0.1) is 0 Å². The highest BCUT2D eigenvalue weighted by Crippen LogP contribution is 2.48. The third-order valence-corrected chi connectivity index (χ3v) is 5.09. The summed E-state index contributed by atoms with van der Waals surface area (Å²) in [5.74, 6) is 0. The Morgan fingerprint density at radius 2 is 1.44 bits per heavy atom. The van der Waals surface area contributed by atoms with Gasteiger partial charge in [-0.1, -0.05) is 68.3 Å². The number of rotatable bonds is 0. The van der Waals surface area contributed by atoms with Gasteiger partial charge in [0.05, 0.1) is 0 Å². The Kier molecular flexibility index (Phi) is 2.71. The Morgan fingerprint density at radius 3 is 1.94 bits per heavy atom. The van der Waals surface area contributed by atoms with Crippen LogP contribution in [-0.2, 0) is 10.8 Å². The SMILES string of the molecule is CC(C)(C)c1cc(C(C)(C)C)c2sscc1-2. The second kappa shape index (κ2) is 3.58. The lowest BCUT2D eigenvalue weighted by atomic mass is 9.86. The Labute approximate surface area is 106 Å². The smallest absolute Gasteiger partial charge is 0.0498 e. The Morgan fingerprint density at radius 1 is 0.875 bits per heavy atom. The van der Waals surface area contributed by atoms with Gasteiger partial charge >= 0.3 is 0 Å². The third-order valence-electron chi connectivity index (χ3n) is 2.98. The molecule has 0 saturated heterocycles. The molecule has 1 aliphatic carbocycles. The fourth-order valence-corrected chi connectivity index (χ4v) is 4.59. The maximum Gasteiger partial charge on any atom is 0.0498 e. The third kappa shape index (κ3) is 1.93. The van der Waals surface area contributed by atoms with Crippen LogP contribution in [-0.4, -0.2) is 0 Å². The van der Waals surface area contributed by atoms with Gasteiger partial charge in [0.2, 0.25) is 0 Å².